The van der Waals surface area contributed by atoms with Crippen molar-refractivity contribution in [1.29, 1.82) is 5.26 Å². The second-order valence-corrected chi connectivity index (χ2v) is 4.15. The van der Waals surface area contributed by atoms with E-state index in [9.17, 15) is 4.79 Å². The number of nitriles is 1. The zero-order chi connectivity index (χ0) is 9.42. The van der Waals surface area contributed by atoms with Gasteiger partial charge in [-0.2, -0.15) is 5.26 Å². The second kappa shape index (κ2) is 3.11. The van der Waals surface area contributed by atoms with Gasteiger partial charge in [-0.1, -0.05) is 0 Å². The number of hydrogen-bond acceptors (Lipinski definition) is 2. The third-order valence-corrected chi connectivity index (χ3v) is 3.27. The van der Waals surface area contributed by atoms with Gasteiger partial charge in [0.1, 0.15) is 0 Å². The zero-order valence-corrected chi connectivity index (χ0v) is 8.96. The van der Waals surface area contributed by atoms with Gasteiger partial charge >= 0.3 is 0 Å². The van der Waals surface area contributed by atoms with Crippen molar-refractivity contribution in [3.8, 4) is 6.07 Å². The highest BCUT2D eigenvalue weighted by molar-refractivity contribution is 14.1. The molecule has 0 unspecified atom stereocenters. The highest BCUT2D eigenvalue weighted by Gasteiger charge is 2.24. The summed E-state index contributed by atoms with van der Waals surface area (Å²) in [5, 5.41) is 8.81. The van der Waals surface area contributed by atoms with Gasteiger partial charge in [-0.25, -0.2) is 0 Å². The number of fused-ring (bicyclic) bond motifs is 1. The van der Waals surface area contributed by atoms with Crippen LogP contribution in [0.25, 0.3) is 0 Å². The van der Waals surface area contributed by atoms with Crippen molar-refractivity contribution >= 4 is 28.4 Å². The van der Waals surface area contributed by atoms with Crippen molar-refractivity contribution in [2.75, 3.05) is 0 Å². The predicted molar refractivity (Wildman–Crippen MR) is 56.5 cm³/mol. The number of rotatable bonds is 0. The molecule has 0 radical (unpaired) electrons. The summed E-state index contributed by atoms with van der Waals surface area (Å²) in [6.07, 6.45) is 1.35. The van der Waals surface area contributed by atoms with Crippen LogP contribution in [0.3, 0.4) is 0 Å². The monoisotopic (exact) mass is 283 g/mol. The molecule has 2 rings (SSSR count). The molecule has 2 nitrogen and oxygen atoms in total. The molecule has 0 aromatic heterocycles. The van der Waals surface area contributed by atoms with Gasteiger partial charge in [0.25, 0.3) is 0 Å². The maximum absolute atomic E-state index is 11.4. The standard InChI is InChI=1S/C10H6INO/c11-8-3-1-6(5-12)10-7(8)2-4-9(10)13/h1,3H,2,4H2. The molecule has 0 heterocycles. The van der Waals surface area contributed by atoms with E-state index >= 15 is 0 Å². The average molecular weight is 283 g/mol. The molecule has 1 aromatic rings. The molecular formula is C10H6INO. The highest BCUT2D eigenvalue weighted by Crippen LogP contribution is 2.29. The Morgan fingerprint density at radius 1 is 1.38 bits per heavy atom. The first-order valence-electron chi connectivity index (χ1n) is 3.98. The molecule has 1 aromatic carbocycles. The third-order valence-electron chi connectivity index (χ3n) is 2.26. The van der Waals surface area contributed by atoms with E-state index < -0.39 is 0 Å². The van der Waals surface area contributed by atoms with E-state index in [1.54, 1.807) is 6.07 Å². The molecule has 0 spiro atoms. The first-order chi connectivity index (χ1) is 6.24. The summed E-state index contributed by atoms with van der Waals surface area (Å²) < 4.78 is 1.09. The largest absolute Gasteiger partial charge is 0.294 e. The Bertz CT molecular complexity index is 431. The molecule has 0 aliphatic heterocycles. The normalized spacial score (nSPS) is 14.0. The smallest absolute Gasteiger partial charge is 0.164 e. The Balaban J connectivity index is 2.75. The van der Waals surface area contributed by atoms with Crippen molar-refractivity contribution in [3.63, 3.8) is 0 Å². The molecule has 0 saturated heterocycles. The summed E-state index contributed by atoms with van der Waals surface area (Å²) in [6.45, 7) is 0. The lowest BCUT2D eigenvalue weighted by atomic mass is 10.0. The zero-order valence-electron chi connectivity index (χ0n) is 6.80. The number of nitrogens with zero attached hydrogens (tertiary/aromatic N) is 1. The van der Waals surface area contributed by atoms with Crippen LogP contribution < -0.4 is 0 Å². The van der Waals surface area contributed by atoms with E-state index in [2.05, 4.69) is 28.7 Å². The molecule has 0 N–H and O–H groups in total. The SMILES string of the molecule is N#Cc1ccc(I)c2c1C(=O)CC2. The Kier molecular flexibility index (Phi) is 2.08. The van der Waals surface area contributed by atoms with Crippen molar-refractivity contribution in [2.45, 2.75) is 12.8 Å². The molecule has 0 bridgehead atoms. The van der Waals surface area contributed by atoms with Gasteiger partial charge < -0.3 is 0 Å². The Labute approximate surface area is 89.7 Å². The van der Waals surface area contributed by atoms with E-state index in [0.717, 1.165) is 15.6 Å². The minimum atomic E-state index is 0.116. The van der Waals surface area contributed by atoms with Crippen LogP contribution in [0, 0.1) is 14.9 Å². The van der Waals surface area contributed by atoms with Crippen LogP contribution in [0.2, 0.25) is 0 Å². The molecule has 0 saturated carbocycles. The Morgan fingerprint density at radius 2 is 2.15 bits per heavy atom. The number of halogens is 1. The summed E-state index contributed by atoms with van der Waals surface area (Å²) in [5.41, 5.74) is 2.25. The topological polar surface area (TPSA) is 40.9 Å². The summed E-state index contributed by atoms with van der Waals surface area (Å²) in [5.74, 6) is 0.116. The molecule has 0 amide bonds. The lowest BCUT2D eigenvalue weighted by Gasteiger charge is -2.01. The Hall–Kier alpha value is -0.890. The maximum atomic E-state index is 11.4. The van der Waals surface area contributed by atoms with Crippen LogP contribution >= 0.6 is 22.6 Å². The first-order valence-corrected chi connectivity index (χ1v) is 5.06. The van der Waals surface area contributed by atoms with Crippen LogP contribution in [0.15, 0.2) is 12.1 Å². The fourth-order valence-corrected chi connectivity index (χ4v) is 2.36. The maximum Gasteiger partial charge on any atom is 0.164 e. The van der Waals surface area contributed by atoms with Crippen molar-refractivity contribution in [3.05, 3.63) is 32.4 Å². The van der Waals surface area contributed by atoms with Crippen molar-refractivity contribution in [1.82, 2.24) is 0 Å². The van der Waals surface area contributed by atoms with E-state index in [1.165, 1.54) is 0 Å². The molecular weight excluding hydrogens is 277 g/mol. The first kappa shape index (κ1) is 8.70. The number of carbonyl (C=O) groups is 1. The van der Waals surface area contributed by atoms with E-state index in [0.29, 0.717) is 17.5 Å². The van der Waals surface area contributed by atoms with Gasteiger partial charge in [-0.3, -0.25) is 4.79 Å². The number of Topliss-reactive ketones (excluding diaryl/α,β-unsaturated/α-hetero) is 1. The lowest BCUT2D eigenvalue weighted by molar-refractivity contribution is 0.0994. The van der Waals surface area contributed by atoms with Crippen molar-refractivity contribution in [2.24, 2.45) is 0 Å². The molecule has 1 aliphatic rings. The molecule has 0 atom stereocenters. The molecule has 64 valence electrons. The fourth-order valence-electron chi connectivity index (χ4n) is 1.64. The average Bonchev–Trinajstić information content (AvgIpc) is 2.51. The van der Waals surface area contributed by atoms with Crippen LogP contribution in [-0.2, 0) is 6.42 Å². The molecule has 1 aliphatic carbocycles. The number of benzene rings is 1. The fraction of sp³-hybridized carbons (Fsp3) is 0.200. The third kappa shape index (κ3) is 1.25. The lowest BCUT2D eigenvalue weighted by Crippen LogP contribution is -1.97. The number of ketones is 1. The van der Waals surface area contributed by atoms with Gasteiger partial charge in [0.2, 0.25) is 0 Å². The summed E-state index contributed by atoms with van der Waals surface area (Å²) in [7, 11) is 0. The molecule has 0 fully saturated rings. The van der Waals surface area contributed by atoms with Gasteiger partial charge in [0, 0.05) is 15.6 Å². The second-order valence-electron chi connectivity index (χ2n) is 2.98. The van der Waals surface area contributed by atoms with Gasteiger partial charge in [0.15, 0.2) is 5.78 Å². The van der Waals surface area contributed by atoms with Crippen LogP contribution in [0.5, 0.6) is 0 Å². The number of carbonyl (C=O) groups excluding carboxylic acids is 1. The summed E-state index contributed by atoms with van der Waals surface area (Å²) >= 11 is 2.21. The summed E-state index contributed by atoms with van der Waals surface area (Å²) in [6, 6.07) is 5.69. The van der Waals surface area contributed by atoms with Crippen LogP contribution in [-0.4, -0.2) is 5.78 Å². The van der Waals surface area contributed by atoms with E-state index in [1.807, 2.05) is 6.07 Å². The van der Waals surface area contributed by atoms with Crippen LogP contribution in [0.4, 0.5) is 0 Å². The minimum absolute atomic E-state index is 0.116. The number of hydrogen-bond donors (Lipinski definition) is 0. The molecule has 13 heavy (non-hydrogen) atoms. The van der Waals surface area contributed by atoms with Crippen molar-refractivity contribution < 1.29 is 4.79 Å². The van der Waals surface area contributed by atoms with E-state index in [-0.39, 0.29) is 5.78 Å². The Morgan fingerprint density at radius 3 is 2.85 bits per heavy atom. The quantitative estimate of drug-likeness (QED) is 0.685. The predicted octanol–water partition coefficient (Wildman–Crippen LogP) is 2.29. The summed E-state index contributed by atoms with van der Waals surface area (Å²) in [4.78, 5) is 11.4. The van der Waals surface area contributed by atoms with E-state index in [4.69, 9.17) is 5.26 Å². The highest BCUT2D eigenvalue weighted by atomic mass is 127. The van der Waals surface area contributed by atoms with Gasteiger partial charge in [-0.15, -0.1) is 0 Å². The van der Waals surface area contributed by atoms with Crippen LogP contribution in [0.1, 0.15) is 27.9 Å². The molecule has 3 heteroatoms. The minimum Gasteiger partial charge on any atom is -0.294 e. The van der Waals surface area contributed by atoms with Gasteiger partial charge in [-0.05, 0) is 46.7 Å². The van der Waals surface area contributed by atoms with Gasteiger partial charge in [0.05, 0.1) is 11.6 Å².